The minimum absolute atomic E-state index is 0.596. The summed E-state index contributed by atoms with van der Waals surface area (Å²) >= 11 is 0. The summed E-state index contributed by atoms with van der Waals surface area (Å²) in [5.74, 6) is 0.801. The molecule has 0 atom stereocenters. The van der Waals surface area contributed by atoms with Gasteiger partial charge in [-0.2, -0.15) is 0 Å². The number of para-hydroxylation sites is 1. The van der Waals surface area contributed by atoms with Crippen molar-refractivity contribution in [2.75, 3.05) is 20.8 Å². The molecule has 0 aliphatic heterocycles. The van der Waals surface area contributed by atoms with Crippen LogP contribution in [0, 0.1) is 0 Å². The molecule has 1 aromatic rings. The lowest BCUT2D eigenvalue weighted by Crippen LogP contribution is -2.47. The van der Waals surface area contributed by atoms with E-state index < -0.39 is 8.80 Å². The Kier molecular flexibility index (Phi) is 6.79. The quantitative estimate of drug-likeness (QED) is 0.558. The van der Waals surface area contributed by atoms with E-state index in [1.54, 1.807) is 14.2 Å². The van der Waals surface area contributed by atoms with Gasteiger partial charge in [-0.05, 0) is 31.0 Å². The van der Waals surface area contributed by atoms with Crippen LogP contribution in [0.2, 0.25) is 6.04 Å². The van der Waals surface area contributed by atoms with Crippen LogP contribution < -0.4 is 10.2 Å². The third kappa shape index (κ3) is 4.47. The predicted molar refractivity (Wildman–Crippen MR) is 79.2 cm³/mol. The highest BCUT2D eigenvalue weighted by Crippen LogP contribution is 2.25. The summed E-state index contributed by atoms with van der Waals surface area (Å²) in [5.41, 5.74) is 6.64. The summed E-state index contributed by atoms with van der Waals surface area (Å²) in [6, 6.07) is 8.58. The zero-order valence-electron chi connectivity index (χ0n) is 11.7. The molecular formula is C14H23NO3Si. The summed E-state index contributed by atoms with van der Waals surface area (Å²) < 4.78 is 17.2. The second kappa shape index (κ2) is 8.11. The van der Waals surface area contributed by atoms with Gasteiger partial charge in [0, 0.05) is 20.3 Å². The Morgan fingerprint density at radius 2 is 1.95 bits per heavy atom. The molecule has 0 spiro atoms. The molecule has 0 aliphatic rings. The zero-order valence-corrected chi connectivity index (χ0v) is 12.7. The van der Waals surface area contributed by atoms with Gasteiger partial charge in [0.25, 0.3) is 0 Å². The van der Waals surface area contributed by atoms with E-state index in [1.807, 2.05) is 30.3 Å². The SMILES string of the molecule is C=CCc1ccccc1O[Si](CCCN)(OC)OC. The molecule has 0 bridgehead atoms. The van der Waals surface area contributed by atoms with Crippen LogP contribution in [0.4, 0.5) is 0 Å². The van der Waals surface area contributed by atoms with Crippen molar-refractivity contribution in [2.45, 2.75) is 18.9 Å². The fourth-order valence-corrected chi connectivity index (χ4v) is 3.85. The average Bonchev–Trinajstić information content (AvgIpc) is 2.46. The lowest BCUT2D eigenvalue weighted by atomic mass is 10.1. The second-order valence-corrected chi connectivity index (χ2v) is 7.07. The molecule has 2 N–H and O–H groups in total. The van der Waals surface area contributed by atoms with Crippen molar-refractivity contribution < 1.29 is 13.3 Å². The Morgan fingerprint density at radius 3 is 2.53 bits per heavy atom. The second-order valence-electron chi connectivity index (χ2n) is 4.19. The Labute approximate surface area is 116 Å². The number of benzene rings is 1. The largest absolute Gasteiger partial charge is 0.565 e. The lowest BCUT2D eigenvalue weighted by molar-refractivity contribution is 0.159. The van der Waals surface area contributed by atoms with Crippen molar-refractivity contribution in [1.82, 2.24) is 0 Å². The Balaban J connectivity index is 2.92. The summed E-state index contributed by atoms with van der Waals surface area (Å²) in [6.07, 6.45) is 3.42. The molecule has 0 saturated carbocycles. The minimum atomic E-state index is -2.68. The molecule has 0 saturated heterocycles. The number of hydrogen-bond acceptors (Lipinski definition) is 4. The zero-order chi connectivity index (χ0) is 14.1. The van der Waals surface area contributed by atoms with Gasteiger partial charge in [-0.15, -0.1) is 6.58 Å². The van der Waals surface area contributed by atoms with Gasteiger partial charge in [-0.1, -0.05) is 24.3 Å². The standard InChI is InChI=1S/C14H23NO3Si/c1-4-8-13-9-5-6-10-14(13)18-19(16-2,17-3)12-7-11-15/h4-6,9-10H,1,7-8,11-12,15H2,2-3H3. The van der Waals surface area contributed by atoms with Crippen molar-refractivity contribution in [2.24, 2.45) is 5.73 Å². The summed E-state index contributed by atoms with van der Waals surface area (Å²) in [5, 5.41) is 0. The monoisotopic (exact) mass is 281 g/mol. The molecule has 5 heteroatoms. The van der Waals surface area contributed by atoms with Crippen LogP contribution in [0.15, 0.2) is 36.9 Å². The van der Waals surface area contributed by atoms with E-state index in [2.05, 4.69) is 6.58 Å². The van der Waals surface area contributed by atoms with Crippen molar-refractivity contribution in [3.05, 3.63) is 42.5 Å². The van der Waals surface area contributed by atoms with E-state index in [4.69, 9.17) is 19.0 Å². The molecular weight excluding hydrogens is 258 g/mol. The molecule has 0 aliphatic carbocycles. The molecule has 0 radical (unpaired) electrons. The number of nitrogens with two attached hydrogens (primary N) is 1. The Bertz CT molecular complexity index is 394. The maximum Gasteiger partial charge on any atom is 0.565 e. The smallest absolute Gasteiger partial charge is 0.500 e. The van der Waals surface area contributed by atoms with Gasteiger partial charge in [0.2, 0.25) is 0 Å². The predicted octanol–water partition coefficient (Wildman–Crippen LogP) is 2.37. The molecule has 0 fully saturated rings. The van der Waals surface area contributed by atoms with Gasteiger partial charge < -0.3 is 19.0 Å². The van der Waals surface area contributed by atoms with Gasteiger partial charge in [0.15, 0.2) is 0 Å². The fraction of sp³-hybridized carbons (Fsp3) is 0.429. The van der Waals surface area contributed by atoms with Crippen molar-refractivity contribution in [1.29, 1.82) is 0 Å². The number of allylic oxidation sites excluding steroid dienone is 1. The summed E-state index contributed by atoms with van der Waals surface area (Å²) in [4.78, 5) is 0. The van der Waals surface area contributed by atoms with Crippen LogP contribution in [-0.2, 0) is 15.3 Å². The van der Waals surface area contributed by atoms with E-state index >= 15 is 0 Å². The molecule has 1 aromatic carbocycles. The van der Waals surface area contributed by atoms with Crippen LogP contribution in [0.3, 0.4) is 0 Å². The van der Waals surface area contributed by atoms with Crippen LogP contribution in [-0.4, -0.2) is 29.6 Å². The highest BCUT2D eigenvalue weighted by atomic mass is 28.4. The molecule has 4 nitrogen and oxygen atoms in total. The van der Waals surface area contributed by atoms with Crippen molar-refractivity contribution >= 4 is 8.80 Å². The Hall–Kier alpha value is -1.14. The van der Waals surface area contributed by atoms with E-state index in [1.165, 1.54) is 0 Å². The van der Waals surface area contributed by atoms with E-state index in [0.717, 1.165) is 24.2 Å². The highest BCUT2D eigenvalue weighted by molar-refractivity contribution is 6.61. The average molecular weight is 281 g/mol. The molecule has 19 heavy (non-hydrogen) atoms. The van der Waals surface area contributed by atoms with Crippen LogP contribution >= 0.6 is 0 Å². The number of rotatable bonds is 9. The molecule has 0 heterocycles. The van der Waals surface area contributed by atoms with Gasteiger partial charge in [0.1, 0.15) is 5.75 Å². The van der Waals surface area contributed by atoms with E-state index in [0.29, 0.717) is 12.6 Å². The Morgan fingerprint density at radius 1 is 1.26 bits per heavy atom. The first-order chi connectivity index (χ1) is 9.21. The number of hydrogen-bond donors (Lipinski definition) is 1. The lowest BCUT2D eigenvalue weighted by Gasteiger charge is -2.27. The highest BCUT2D eigenvalue weighted by Gasteiger charge is 2.41. The fourth-order valence-electron chi connectivity index (χ4n) is 1.84. The summed E-state index contributed by atoms with van der Waals surface area (Å²) in [6.45, 7) is 4.36. The molecule has 0 unspecified atom stereocenters. The maximum absolute atomic E-state index is 6.08. The third-order valence-electron chi connectivity index (χ3n) is 2.91. The molecule has 1 rings (SSSR count). The van der Waals surface area contributed by atoms with Crippen LogP contribution in [0.1, 0.15) is 12.0 Å². The first kappa shape index (κ1) is 15.9. The van der Waals surface area contributed by atoms with Crippen LogP contribution in [0.25, 0.3) is 0 Å². The molecule has 0 aromatic heterocycles. The third-order valence-corrected chi connectivity index (χ3v) is 5.65. The minimum Gasteiger partial charge on any atom is -0.500 e. The van der Waals surface area contributed by atoms with Crippen molar-refractivity contribution in [3.63, 3.8) is 0 Å². The first-order valence-electron chi connectivity index (χ1n) is 6.39. The van der Waals surface area contributed by atoms with E-state index in [-0.39, 0.29) is 0 Å². The first-order valence-corrected chi connectivity index (χ1v) is 8.32. The van der Waals surface area contributed by atoms with Gasteiger partial charge in [0.05, 0.1) is 0 Å². The molecule has 0 amide bonds. The molecule has 106 valence electrons. The maximum atomic E-state index is 6.08. The van der Waals surface area contributed by atoms with Gasteiger partial charge in [-0.3, -0.25) is 0 Å². The van der Waals surface area contributed by atoms with Crippen LogP contribution in [0.5, 0.6) is 5.75 Å². The topological polar surface area (TPSA) is 53.7 Å². The van der Waals surface area contributed by atoms with Gasteiger partial charge >= 0.3 is 8.80 Å². The normalized spacial score (nSPS) is 11.3. The summed E-state index contributed by atoms with van der Waals surface area (Å²) in [7, 11) is 0.575. The van der Waals surface area contributed by atoms with Gasteiger partial charge in [-0.25, -0.2) is 0 Å². The van der Waals surface area contributed by atoms with E-state index in [9.17, 15) is 0 Å². The van der Waals surface area contributed by atoms with Crippen molar-refractivity contribution in [3.8, 4) is 5.75 Å².